The van der Waals surface area contributed by atoms with E-state index >= 15 is 0 Å². The molecule has 7 nitrogen and oxygen atoms in total. The fourth-order valence-electron chi connectivity index (χ4n) is 3.51. The van der Waals surface area contributed by atoms with E-state index in [1.54, 1.807) is 18.3 Å². The molecule has 1 amide bonds. The van der Waals surface area contributed by atoms with E-state index in [0.29, 0.717) is 17.1 Å². The van der Waals surface area contributed by atoms with E-state index in [1.165, 1.54) is 4.88 Å². The number of nitrogens with one attached hydrogen (secondary N) is 2. The number of H-pyrrole nitrogens is 1. The number of aromatic amines is 1. The van der Waals surface area contributed by atoms with Crippen LogP contribution in [0.15, 0.2) is 4.79 Å². The molecule has 0 bridgehead atoms. The third kappa shape index (κ3) is 5.23. The van der Waals surface area contributed by atoms with Crippen molar-refractivity contribution in [1.29, 1.82) is 0 Å². The van der Waals surface area contributed by atoms with Crippen molar-refractivity contribution in [1.82, 2.24) is 15.3 Å². The van der Waals surface area contributed by atoms with Crippen molar-refractivity contribution < 1.29 is 14.3 Å². The van der Waals surface area contributed by atoms with E-state index in [1.807, 2.05) is 20.8 Å². The zero-order valence-electron chi connectivity index (χ0n) is 17.7. The molecule has 2 aromatic rings. The molecular weight excluding hydrogens is 390 g/mol. The predicted octanol–water partition coefficient (Wildman–Crippen LogP) is 2.89. The number of esters is 1. The van der Waals surface area contributed by atoms with Gasteiger partial charge in [-0.25, -0.2) is 4.98 Å². The molecule has 1 aliphatic rings. The summed E-state index contributed by atoms with van der Waals surface area (Å²) >= 11 is 1.59. The Morgan fingerprint density at radius 2 is 2.10 bits per heavy atom. The molecule has 2 aromatic heterocycles. The second kappa shape index (κ2) is 8.26. The molecule has 0 aromatic carbocycles. The molecular formula is C21H29N3O4S. The lowest BCUT2D eigenvalue weighted by molar-refractivity contribution is -0.155. The van der Waals surface area contributed by atoms with Crippen LogP contribution < -0.4 is 10.9 Å². The van der Waals surface area contributed by atoms with E-state index in [-0.39, 0.29) is 24.3 Å². The highest BCUT2D eigenvalue weighted by molar-refractivity contribution is 7.18. The Morgan fingerprint density at radius 1 is 1.38 bits per heavy atom. The van der Waals surface area contributed by atoms with Gasteiger partial charge in [0.05, 0.1) is 11.8 Å². The van der Waals surface area contributed by atoms with Crippen LogP contribution in [0.5, 0.6) is 0 Å². The van der Waals surface area contributed by atoms with Crippen LogP contribution in [0.2, 0.25) is 0 Å². The van der Waals surface area contributed by atoms with E-state index in [0.717, 1.165) is 29.7 Å². The van der Waals surface area contributed by atoms with Gasteiger partial charge < -0.3 is 15.0 Å². The smallest absolute Gasteiger partial charge is 0.307 e. The third-order valence-electron chi connectivity index (χ3n) is 4.96. The molecule has 0 spiro atoms. The van der Waals surface area contributed by atoms with Crippen LogP contribution in [0.1, 0.15) is 63.7 Å². The highest BCUT2D eigenvalue weighted by atomic mass is 32.1. The summed E-state index contributed by atoms with van der Waals surface area (Å²) in [6.45, 7) is 9.36. The number of fused-ring (bicyclic) bond motifs is 3. The van der Waals surface area contributed by atoms with Crippen molar-refractivity contribution in [3.63, 3.8) is 0 Å². The van der Waals surface area contributed by atoms with Gasteiger partial charge in [0.1, 0.15) is 10.7 Å². The Morgan fingerprint density at radius 3 is 2.79 bits per heavy atom. The number of amides is 1. The van der Waals surface area contributed by atoms with E-state index in [9.17, 15) is 14.4 Å². The van der Waals surface area contributed by atoms with Gasteiger partial charge in [-0.05, 0) is 58.4 Å². The van der Waals surface area contributed by atoms with Gasteiger partial charge >= 0.3 is 5.97 Å². The molecule has 1 aliphatic carbocycles. The highest BCUT2D eigenvalue weighted by Crippen LogP contribution is 2.35. The zero-order chi connectivity index (χ0) is 21.3. The minimum absolute atomic E-state index is 0.0453. The Balaban J connectivity index is 1.64. The molecule has 8 heteroatoms. The SMILES string of the molecule is C[C@H]1CCc2c(sc3nc(CCC(=O)O[C@H](C)C(=O)NC(C)(C)C)[nH]c(=O)c23)C1. The van der Waals surface area contributed by atoms with Crippen molar-refractivity contribution in [3.05, 3.63) is 26.6 Å². The number of thiophene rings is 1. The van der Waals surface area contributed by atoms with Crippen LogP contribution in [0.3, 0.4) is 0 Å². The summed E-state index contributed by atoms with van der Waals surface area (Å²) in [4.78, 5) is 46.1. The number of carbonyl (C=O) groups is 2. The molecule has 2 heterocycles. The van der Waals surface area contributed by atoms with E-state index in [2.05, 4.69) is 22.2 Å². The quantitative estimate of drug-likeness (QED) is 0.726. The monoisotopic (exact) mass is 419 g/mol. The fourth-order valence-corrected chi connectivity index (χ4v) is 4.92. The summed E-state index contributed by atoms with van der Waals surface area (Å²) < 4.78 is 5.21. The maximum absolute atomic E-state index is 12.6. The second-order valence-corrected chi connectivity index (χ2v) is 10.00. The molecule has 0 radical (unpaired) electrons. The highest BCUT2D eigenvalue weighted by Gasteiger charge is 2.24. The number of hydrogen-bond donors (Lipinski definition) is 2. The Bertz CT molecular complexity index is 986. The van der Waals surface area contributed by atoms with Crippen LogP contribution >= 0.6 is 11.3 Å². The minimum Gasteiger partial charge on any atom is -0.453 e. The summed E-state index contributed by atoms with van der Waals surface area (Å²) in [5, 5.41) is 3.48. The zero-order valence-corrected chi connectivity index (χ0v) is 18.5. The first-order valence-electron chi connectivity index (χ1n) is 10.1. The van der Waals surface area contributed by atoms with Gasteiger partial charge in [-0.15, -0.1) is 11.3 Å². The van der Waals surface area contributed by atoms with Crippen molar-refractivity contribution in [2.45, 2.75) is 78.4 Å². The topological polar surface area (TPSA) is 101 Å². The van der Waals surface area contributed by atoms with Gasteiger partial charge in [-0.3, -0.25) is 14.4 Å². The third-order valence-corrected chi connectivity index (χ3v) is 6.10. The van der Waals surface area contributed by atoms with E-state index in [4.69, 9.17) is 4.74 Å². The van der Waals surface area contributed by atoms with Gasteiger partial charge in [0.2, 0.25) is 0 Å². The molecule has 2 atom stereocenters. The number of ether oxygens (including phenoxy) is 1. The summed E-state index contributed by atoms with van der Waals surface area (Å²) in [6.07, 6.45) is 2.43. The normalized spacial score (nSPS) is 17.6. The average molecular weight is 420 g/mol. The lowest BCUT2D eigenvalue weighted by atomic mass is 9.89. The summed E-state index contributed by atoms with van der Waals surface area (Å²) in [5.41, 5.74) is 0.610. The Labute approximate surface area is 174 Å². The molecule has 3 rings (SSSR count). The molecule has 29 heavy (non-hydrogen) atoms. The van der Waals surface area contributed by atoms with Gasteiger partial charge in [0, 0.05) is 16.8 Å². The van der Waals surface area contributed by atoms with Crippen LogP contribution in [-0.4, -0.2) is 33.5 Å². The van der Waals surface area contributed by atoms with Crippen molar-refractivity contribution in [2.24, 2.45) is 5.92 Å². The van der Waals surface area contributed by atoms with Gasteiger partial charge in [-0.1, -0.05) is 6.92 Å². The van der Waals surface area contributed by atoms with Crippen LogP contribution in [0, 0.1) is 5.92 Å². The first kappa shape index (κ1) is 21.5. The van der Waals surface area contributed by atoms with Crippen molar-refractivity contribution in [2.75, 3.05) is 0 Å². The lowest BCUT2D eigenvalue weighted by Crippen LogP contribution is -2.46. The second-order valence-electron chi connectivity index (χ2n) is 8.92. The predicted molar refractivity (Wildman–Crippen MR) is 113 cm³/mol. The molecule has 0 unspecified atom stereocenters. The maximum Gasteiger partial charge on any atom is 0.307 e. The molecule has 0 fully saturated rings. The van der Waals surface area contributed by atoms with Gasteiger partial charge in [-0.2, -0.15) is 0 Å². The summed E-state index contributed by atoms with van der Waals surface area (Å²) in [7, 11) is 0. The largest absolute Gasteiger partial charge is 0.453 e. The summed E-state index contributed by atoms with van der Waals surface area (Å²) in [5.74, 6) is 0.264. The van der Waals surface area contributed by atoms with Crippen LogP contribution in [0.4, 0.5) is 0 Å². The Hall–Kier alpha value is -2.22. The molecule has 0 aliphatic heterocycles. The minimum atomic E-state index is -0.873. The number of aromatic nitrogens is 2. The molecule has 2 N–H and O–H groups in total. The van der Waals surface area contributed by atoms with Crippen molar-refractivity contribution >= 4 is 33.4 Å². The van der Waals surface area contributed by atoms with Crippen molar-refractivity contribution in [3.8, 4) is 0 Å². The molecule has 0 saturated carbocycles. The molecule has 0 saturated heterocycles. The number of hydrogen-bond acceptors (Lipinski definition) is 6. The first-order valence-corrected chi connectivity index (χ1v) is 10.9. The molecule has 158 valence electrons. The van der Waals surface area contributed by atoms with Crippen LogP contribution in [0.25, 0.3) is 10.2 Å². The van der Waals surface area contributed by atoms with Crippen LogP contribution in [-0.2, 0) is 33.6 Å². The fraction of sp³-hybridized carbons (Fsp3) is 0.619. The standard InChI is InChI=1S/C21H29N3O4S/c1-11-6-7-13-14(10-11)29-20-17(13)19(27)22-15(23-20)8-9-16(25)28-12(2)18(26)24-21(3,4)5/h11-12H,6-10H2,1-5H3,(H,24,26)(H,22,23,27)/t11-,12+/m0/s1. The maximum atomic E-state index is 12.6. The van der Waals surface area contributed by atoms with Gasteiger partial charge in [0.25, 0.3) is 11.5 Å². The first-order chi connectivity index (χ1) is 13.5. The van der Waals surface area contributed by atoms with E-state index < -0.39 is 17.6 Å². The average Bonchev–Trinajstić information content (AvgIpc) is 2.96. The number of carbonyl (C=O) groups excluding carboxylic acids is 2. The Kier molecular flexibility index (Phi) is 6.12. The number of aryl methyl sites for hydroxylation is 2. The number of rotatable bonds is 5. The number of nitrogens with zero attached hydrogens (tertiary/aromatic N) is 1. The van der Waals surface area contributed by atoms with Gasteiger partial charge in [0.15, 0.2) is 6.10 Å². The summed E-state index contributed by atoms with van der Waals surface area (Å²) in [6, 6.07) is 0. The lowest BCUT2D eigenvalue weighted by Gasteiger charge is -2.23.